The molecule has 2 atom stereocenters. The van der Waals surface area contributed by atoms with Gasteiger partial charge in [0.25, 0.3) is 0 Å². The summed E-state index contributed by atoms with van der Waals surface area (Å²) in [6.45, 7) is 12.6. The molecule has 21 heavy (non-hydrogen) atoms. The highest BCUT2D eigenvalue weighted by Gasteiger charge is 2.29. The quantitative estimate of drug-likeness (QED) is 0.789. The molecule has 1 aliphatic carbocycles. The van der Waals surface area contributed by atoms with Crippen LogP contribution in [0.1, 0.15) is 70.9 Å². The average Bonchev–Trinajstić information content (AvgIpc) is 2.83. The fraction of sp³-hybridized carbons (Fsp3) is 0.700. The molecule has 1 aromatic rings. The van der Waals surface area contributed by atoms with E-state index in [1.807, 2.05) is 0 Å². The van der Waals surface area contributed by atoms with Crippen LogP contribution in [0.4, 0.5) is 0 Å². The van der Waals surface area contributed by atoms with Gasteiger partial charge in [0.2, 0.25) is 0 Å². The van der Waals surface area contributed by atoms with Gasteiger partial charge in [0, 0.05) is 5.54 Å². The first-order valence-corrected chi connectivity index (χ1v) is 8.69. The van der Waals surface area contributed by atoms with Crippen LogP contribution >= 0.6 is 0 Å². The number of benzene rings is 1. The summed E-state index contributed by atoms with van der Waals surface area (Å²) in [7, 11) is 0. The van der Waals surface area contributed by atoms with Crippen molar-refractivity contribution in [2.45, 2.75) is 71.8 Å². The van der Waals surface area contributed by atoms with Gasteiger partial charge in [0.05, 0.1) is 0 Å². The van der Waals surface area contributed by atoms with Gasteiger partial charge in [-0.1, -0.05) is 44.5 Å². The van der Waals surface area contributed by atoms with Gasteiger partial charge in [-0.3, -0.25) is 0 Å². The molecule has 0 radical (unpaired) electrons. The third-order valence-electron chi connectivity index (χ3n) is 4.58. The van der Waals surface area contributed by atoms with Crippen LogP contribution in [0.5, 0.6) is 0 Å². The van der Waals surface area contributed by atoms with Crippen LogP contribution in [0.15, 0.2) is 24.3 Å². The SMILES string of the molecule is CC(C)Cc1cccc(C2CCCC2CNC(C)(C)C)c1. The van der Waals surface area contributed by atoms with Gasteiger partial charge in [-0.25, -0.2) is 0 Å². The lowest BCUT2D eigenvalue weighted by Gasteiger charge is -2.27. The summed E-state index contributed by atoms with van der Waals surface area (Å²) < 4.78 is 0. The first kappa shape index (κ1) is 16.5. The Morgan fingerprint density at radius 2 is 1.95 bits per heavy atom. The van der Waals surface area contributed by atoms with E-state index in [1.54, 1.807) is 5.56 Å². The van der Waals surface area contributed by atoms with Crippen molar-refractivity contribution in [3.63, 3.8) is 0 Å². The van der Waals surface area contributed by atoms with Gasteiger partial charge >= 0.3 is 0 Å². The zero-order chi connectivity index (χ0) is 15.5. The molecule has 118 valence electrons. The minimum atomic E-state index is 0.229. The number of rotatable bonds is 5. The third-order valence-corrected chi connectivity index (χ3v) is 4.58. The van der Waals surface area contributed by atoms with Gasteiger partial charge in [0.15, 0.2) is 0 Å². The molecule has 1 heteroatoms. The second-order valence-corrected chi connectivity index (χ2v) is 8.27. The zero-order valence-electron chi connectivity index (χ0n) is 14.6. The molecule has 2 rings (SSSR count). The van der Waals surface area contributed by atoms with Gasteiger partial charge in [0.1, 0.15) is 0 Å². The molecule has 0 aromatic heterocycles. The molecule has 0 amide bonds. The Morgan fingerprint density at radius 3 is 2.62 bits per heavy atom. The van der Waals surface area contributed by atoms with Gasteiger partial charge in [-0.15, -0.1) is 0 Å². The molecular formula is C20H33N. The maximum absolute atomic E-state index is 3.71. The maximum atomic E-state index is 3.71. The largest absolute Gasteiger partial charge is 0.312 e. The normalized spacial score (nSPS) is 23.0. The van der Waals surface area contributed by atoms with Crippen molar-refractivity contribution in [1.29, 1.82) is 0 Å². The van der Waals surface area contributed by atoms with E-state index in [4.69, 9.17) is 0 Å². The molecule has 1 nitrogen and oxygen atoms in total. The summed E-state index contributed by atoms with van der Waals surface area (Å²) >= 11 is 0. The summed E-state index contributed by atoms with van der Waals surface area (Å²) in [5.74, 6) is 2.30. The van der Waals surface area contributed by atoms with Crippen LogP contribution in [0.25, 0.3) is 0 Å². The first-order valence-electron chi connectivity index (χ1n) is 8.69. The van der Waals surface area contributed by atoms with Crippen molar-refractivity contribution in [2.75, 3.05) is 6.54 Å². The van der Waals surface area contributed by atoms with Crippen molar-refractivity contribution in [1.82, 2.24) is 5.32 Å². The lowest BCUT2D eigenvalue weighted by atomic mass is 9.86. The molecule has 1 N–H and O–H groups in total. The van der Waals surface area contributed by atoms with Crippen LogP contribution in [0.2, 0.25) is 0 Å². The topological polar surface area (TPSA) is 12.0 Å². The predicted octanol–water partition coefficient (Wildman–Crippen LogP) is 5.16. The van der Waals surface area contributed by atoms with E-state index in [-0.39, 0.29) is 5.54 Å². The minimum absolute atomic E-state index is 0.229. The second-order valence-electron chi connectivity index (χ2n) is 8.27. The lowest BCUT2D eigenvalue weighted by Crippen LogP contribution is -2.39. The van der Waals surface area contributed by atoms with E-state index >= 15 is 0 Å². The van der Waals surface area contributed by atoms with E-state index in [0.717, 1.165) is 24.3 Å². The smallest absolute Gasteiger partial charge is 0.00966 e. The lowest BCUT2D eigenvalue weighted by molar-refractivity contribution is 0.356. The van der Waals surface area contributed by atoms with Crippen molar-refractivity contribution in [3.8, 4) is 0 Å². The Balaban J connectivity index is 2.05. The summed E-state index contributed by atoms with van der Waals surface area (Å²) in [6, 6.07) is 9.38. The van der Waals surface area contributed by atoms with Crippen LogP contribution in [-0.4, -0.2) is 12.1 Å². The number of nitrogens with one attached hydrogen (secondary N) is 1. The summed E-state index contributed by atoms with van der Waals surface area (Å²) in [4.78, 5) is 0. The number of hydrogen-bond acceptors (Lipinski definition) is 1. The maximum Gasteiger partial charge on any atom is 0.00966 e. The fourth-order valence-corrected chi connectivity index (χ4v) is 3.58. The third kappa shape index (κ3) is 5.14. The monoisotopic (exact) mass is 287 g/mol. The molecule has 0 bridgehead atoms. The highest BCUT2D eigenvalue weighted by molar-refractivity contribution is 5.28. The molecule has 1 aromatic carbocycles. The molecule has 1 aliphatic rings. The van der Waals surface area contributed by atoms with Crippen molar-refractivity contribution in [3.05, 3.63) is 35.4 Å². The molecule has 1 fully saturated rings. The fourth-order valence-electron chi connectivity index (χ4n) is 3.58. The predicted molar refractivity (Wildman–Crippen MR) is 92.8 cm³/mol. The first-order chi connectivity index (χ1) is 9.85. The van der Waals surface area contributed by atoms with E-state index < -0.39 is 0 Å². The van der Waals surface area contributed by atoms with Crippen molar-refractivity contribution < 1.29 is 0 Å². The Bertz CT molecular complexity index is 441. The van der Waals surface area contributed by atoms with Crippen LogP contribution in [0, 0.1) is 11.8 Å². The van der Waals surface area contributed by atoms with Crippen LogP contribution in [-0.2, 0) is 6.42 Å². The zero-order valence-corrected chi connectivity index (χ0v) is 14.6. The highest BCUT2D eigenvalue weighted by atomic mass is 14.9. The number of hydrogen-bond donors (Lipinski definition) is 1. The van der Waals surface area contributed by atoms with Gasteiger partial charge in [-0.2, -0.15) is 0 Å². The summed E-state index contributed by atoms with van der Waals surface area (Å²) in [6.07, 6.45) is 5.32. The summed E-state index contributed by atoms with van der Waals surface area (Å²) in [5, 5.41) is 3.71. The molecular weight excluding hydrogens is 254 g/mol. The molecule has 0 spiro atoms. The Kier molecular flexibility index (Phi) is 5.48. The molecule has 0 aliphatic heterocycles. The minimum Gasteiger partial charge on any atom is -0.312 e. The molecule has 0 heterocycles. The van der Waals surface area contributed by atoms with Crippen LogP contribution < -0.4 is 5.32 Å². The van der Waals surface area contributed by atoms with Crippen molar-refractivity contribution >= 4 is 0 Å². The molecule has 0 saturated heterocycles. The van der Waals surface area contributed by atoms with Gasteiger partial charge < -0.3 is 5.32 Å². The van der Waals surface area contributed by atoms with Crippen molar-refractivity contribution in [2.24, 2.45) is 11.8 Å². The molecule has 1 saturated carbocycles. The average molecular weight is 287 g/mol. The molecule has 2 unspecified atom stereocenters. The standard InChI is InChI=1S/C20H33N/c1-15(2)12-16-8-6-9-17(13-16)19-11-7-10-18(19)14-21-20(3,4)5/h6,8-9,13,15,18-19,21H,7,10-12,14H2,1-5H3. The summed E-state index contributed by atoms with van der Waals surface area (Å²) in [5.41, 5.74) is 3.32. The van der Waals surface area contributed by atoms with Crippen LogP contribution in [0.3, 0.4) is 0 Å². The Morgan fingerprint density at radius 1 is 1.19 bits per heavy atom. The Labute approximate surface area is 131 Å². The van der Waals surface area contributed by atoms with E-state index in [9.17, 15) is 0 Å². The Hall–Kier alpha value is -0.820. The van der Waals surface area contributed by atoms with E-state index in [2.05, 4.69) is 64.2 Å². The second kappa shape index (κ2) is 6.96. The van der Waals surface area contributed by atoms with Gasteiger partial charge in [-0.05, 0) is 75.5 Å². The van der Waals surface area contributed by atoms with E-state index in [0.29, 0.717) is 0 Å². The van der Waals surface area contributed by atoms with E-state index in [1.165, 1.54) is 31.2 Å². The highest BCUT2D eigenvalue weighted by Crippen LogP contribution is 2.39.